The van der Waals surface area contributed by atoms with Crippen LogP contribution >= 0.6 is 0 Å². The smallest absolute Gasteiger partial charge is 0.161 e. The third kappa shape index (κ3) is 3.61. The van der Waals surface area contributed by atoms with E-state index >= 15 is 0 Å². The van der Waals surface area contributed by atoms with Gasteiger partial charge >= 0.3 is 0 Å². The van der Waals surface area contributed by atoms with E-state index in [1.54, 1.807) is 0 Å². The lowest BCUT2D eigenvalue weighted by Gasteiger charge is -2.26. The molecule has 0 bridgehead atoms. The first-order valence-corrected chi connectivity index (χ1v) is 6.97. The van der Waals surface area contributed by atoms with Gasteiger partial charge in [0.25, 0.3) is 0 Å². The molecule has 4 nitrogen and oxygen atoms in total. The maximum atomic E-state index is 10.6. The van der Waals surface area contributed by atoms with Gasteiger partial charge < -0.3 is 19.9 Å². The van der Waals surface area contributed by atoms with Crippen LogP contribution in [0, 0.1) is 0 Å². The molecule has 1 aromatic carbocycles. The number of ether oxygens (including phenoxy) is 2. The highest BCUT2D eigenvalue weighted by Crippen LogP contribution is 2.35. The number of hydrogen-bond acceptors (Lipinski definition) is 4. The Kier molecular flexibility index (Phi) is 4.66. The van der Waals surface area contributed by atoms with Gasteiger partial charge in [0, 0.05) is 0 Å². The Morgan fingerprint density at radius 2 is 1.95 bits per heavy atom. The third-order valence-corrected chi connectivity index (χ3v) is 3.38. The summed E-state index contributed by atoms with van der Waals surface area (Å²) < 4.78 is 11.0. The van der Waals surface area contributed by atoms with Crippen LogP contribution < -0.4 is 14.8 Å². The standard InChI is InChI=1S/C15H23NO3/c1-3-7-16-8-6-15(2,17)12-4-5-13-14(11-12)19-10-9-18-13/h4-5,11,16-17H,3,6-10H2,1-2H3. The van der Waals surface area contributed by atoms with Gasteiger partial charge in [0.1, 0.15) is 13.2 Å². The minimum absolute atomic E-state index is 0.566. The first-order chi connectivity index (χ1) is 9.13. The second kappa shape index (κ2) is 6.26. The molecule has 0 aromatic heterocycles. The first-order valence-electron chi connectivity index (χ1n) is 6.97. The van der Waals surface area contributed by atoms with Gasteiger partial charge in [-0.1, -0.05) is 13.0 Å². The van der Waals surface area contributed by atoms with Crippen molar-refractivity contribution in [2.45, 2.75) is 32.3 Å². The van der Waals surface area contributed by atoms with E-state index in [9.17, 15) is 5.11 Å². The normalized spacial score (nSPS) is 17.0. The van der Waals surface area contributed by atoms with E-state index in [0.29, 0.717) is 19.6 Å². The molecule has 1 atom stereocenters. The maximum Gasteiger partial charge on any atom is 0.161 e. The number of nitrogens with one attached hydrogen (secondary N) is 1. The van der Waals surface area contributed by atoms with Gasteiger partial charge in [0.2, 0.25) is 0 Å². The maximum absolute atomic E-state index is 10.6. The molecule has 1 aromatic rings. The lowest BCUT2D eigenvalue weighted by molar-refractivity contribution is 0.0474. The number of rotatable bonds is 6. The molecule has 0 aliphatic carbocycles. The molecule has 0 amide bonds. The summed E-state index contributed by atoms with van der Waals surface area (Å²) in [7, 11) is 0. The predicted molar refractivity (Wildman–Crippen MR) is 74.8 cm³/mol. The highest BCUT2D eigenvalue weighted by atomic mass is 16.6. The van der Waals surface area contributed by atoms with E-state index in [4.69, 9.17) is 9.47 Å². The van der Waals surface area contributed by atoms with Crippen LogP contribution in [0.1, 0.15) is 32.3 Å². The Morgan fingerprint density at radius 3 is 2.68 bits per heavy atom. The van der Waals surface area contributed by atoms with Gasteiger partial charge in [-0.3, -0.25) is 0 Å². The molecule has 0 saturated carbocycles. The van der Waals surface area contributed by atoms with Gasteiger partial charge in [0.15, 0.2) is 11.5 Å². The van der Waals surface area contributed by atoms with Crippen molar-refractivity contribution in [2.24, 2.45) is 0 Å². The molecule has 1 aliphatic rings. The van der Waals surface area contributed by atoms with E-state index in [-0.39, 0.29) is 0 Å². The van der Waals surface area contributed by atoms with E-state index < -0.39 is 5.60 Å². The number of aliphatic hydroxyl groups is 1. The summed E-state index contributed by atoms with van der Waals surface area (Å²) in [5, 5.41) is 13.9. The molecular formula is C15H23NO3. The number of benzene rings is 1. The highest BCUT2D eigenvalue weighted by molar-refractivity contribution is 5.45. The average molecular weight is 265 g/mol. The topological polar surface area (TPSA) is 50.7 Å². The van der Waals surface area contributed by atoms with Gasteiger partial charge in [0.05, 0.1) is 5.60 Å². The summed E-state index contributed by atoms with van der Waals surface area (Å²) in [6.07, 6.45) is 1.78. The average Bonchev–Trinajstić information content (AvgIpc) is 2.43. The van der Waals surface area contributed by atoms with Crippen molar-refractivity contribution in [3.63, 3.8) is 0 Å². The van der Waals surface area contributed by atoms with E-state index in [2.05, 4.69) is 12.2 Å². The van der Waals surface area contributed by atoms with E-state index in [1.807, 2.05) is 25.1 Å². The Balaban J connectivity index is 2.03. The van der Waals surface area contributed by atoms with E-state index in [1.165, 1.54) is 0 Å². The molecule has 1 unspecified atom stereocenters. The highest BCUT2D eigenvalue weighted by Gasteiger charge is 2.24. The van der Waals surface area contributed by atoms with Gasteiger partial charge in [-0.15, -0.1) is 0 Å². The van der Waals surface area contributed by atoms with Crippen LogP contribution in [0.4, 0.5) is 0 Å². The van der Waals surface area contributed by atoms with Gasteiger partial charge in [-0.05, 0) is 50.6 Å². The monoisotopic (exact) mass is 265 g/mol. The zero-order valence-corrected chi connectivity index (χ0v) is 11.7. The Hall–Kier alpha value is -1.26. The molecule has 0 spiro atoms. The molecule has 1 heterocycles. The minimum atomic E-state index is -0.851. The van der Waals surface area contributed by atoms with Gasteiger partial charge in [-0.2, -0.15) is 0 Å². The Morgan fingerprint density at radius 1 is 1.21 bits per heavy atom. The first kappa shape index (κ1) is 14.2. The molecule has 1 aliphatic heterocycles. The summed E-state index contributed by atoms with van der Waals surface area (Å²) in [5.74, 6) is 1.49. The Bertz CT molecular complexity index is 418. The molecule has 4 heteroatoms. The number of hydrogen-bond donors (Lipinski definition) is 2. The third-order valence-electron chi connectivity index (χ3n) is 3.38. The zero-order chi connectivity index (χ0) is 13.7. The number of fused-ring (bicyclic) bond motifs is 1. The largest absolute Gasteiger partial charge is 0.486 e. The Labute approximate surface area is 114 Å². The van der Waals surface area contributed by atoms with Crippen molar-refractivity contribution in [1.82, 2.24) is 5.32 Å². The SMILES string of the molecule is CCCNCCC(C)(O)c1ccc2c(c1)OCCO2. The zero-order valence-electron chi connectivity index (χ0n) is 11.7. The molecule has 106 valence electrons. The second-order valence-electron chi connectivity index (χ2n) is 5.13. The van der Waals surface area contributed by atoms with Crippen molar-refractivity contribution in [2.75, 3.05) is 26.3 Å². The fourth-order valence-corrected chi connectivity index (χ4v) is 2.16. The lowest BCUT2D eigenvalue weighted by atomic mass is 9.92. The van der Waals surface area contributed by atoms with Crippen molar-refractivity contribution in [3.05, 3.63) is 23.8 Å². The molecule has 2 N–H and O–H groups in total. The molecule has 19 heavy (non-hydrogen) atoms. The van der Waals surface area contributed by atoms with Crippen molar-refractivity contribution >= 4 is 0 Å². The lowest BCUT2D eigenvalue weighted by Crippen LogP contribution is -2.28. The van der Waals surface area contributed by atoms with Crippen LogP contribution in [0.15, 0.2) is 18.2 Å². The van der Waals surface area contributed by atoms with Gasteiger partial charge in [-0.25, -0.2) is 0 Å². The van der Waals surface area contributed by atoms with Crippen LogP contribution in [-0.4, -0.2) is 31.4 Å². The quantitative estimate of drug-likeness (QED) is 0.773. The summed E-state index contributed by atoms with van der Waals surface area (Å²) >= 11 is 0. The molecule has 0 radical (unpaired) electrons. The summed E-state index contributed by atoms with van der Waals surface area (Å²) in [6.45, 7) is 6.91. The fraction of sp³-hybridized carbons (Fsp3) is 0.600. The second-order valence-corrected chi connectivity index (χ2v) is 5.13. The minimum Gasteiger partial charge on any atom is -0.486 e. The molecule has 2 rings (SSSR count). The van der Waals surface area contributed by atoms with Crippen LogP contribution in [0.2, 0.25) is 0 Å². The summed E-state index contributed by atoms with van der Waals surface area (Å²) in [4.78, 5) is 0. The van der Waals surface area contributed by atoms with Crippen LogP contribution in [0.3, 0.4) is 0 Å². The van der Waals surface area contributed by atoms with Crippen LogP contribution in [0.5, 0.6) is 11.5 Å². The van der Waals surface area contributed by atoms with E-state index in [0.717, 1.165) is 36.6 Å². The van der Waals surface area contributed by atoms with Crippen LogP contribution in [-0.2, 0) is 5.60 Å². The van der Waals surface area contributed by atoms with Crippen molar-refractivity contribution < 1.29 is 14.6 Å². The van der Waals surface area contributed by atoms with Crippen molar-refractivity contribution in [3.8, 4) is 11.5 Å². The molecule has 0 saturated heterocycles. The summed E-state index contributed by atoms with van der Waals surface area (Å²) in [5.41, 5.74) is 0.0198. The molecule has 0 fully saturated rings. The summed E-state index contributed by atoms with van der Waals surface area (Å²) in [6, 6.07) is 5.67. The molecular weight excluding hydrogens is 242 g/mol. The predicted octanol–water partition coefficient (Wildman–Crippen LogP) is 2.05. The van der Waals surface area contributed by atoms with Crippen LogP contribution in [0.25, 0.3) is 0 Å². The van der Waals surface area contributed by atoms with Crippen molar-refractivity contribution in [1.29, 1.82) is 0 Å². The fourth-order valence-electron chi connectivity index (χ4n) is 2.16.